The van der Waals surface area contributed by atoms with Gasteiger partial charge in [0, 0.05) is 35.2 Å². The summed E-state index contributed by atoms with van der Waals surface area (Å²) >= 11 is 0. The third-order valence-electron chi connectivity index (χ3n) is 5.66. The molecule has 1 heterocycles. The Labute approximate surface area is 207 Å². The van der Waals surface area contributed by atoms with E-state index in [0.717, 1.165) is 10.3 Å². The maximum Gasteiger partial charge on any atom is 0.338 e. The molecule has 0 aliphatic carbocycles. The monoisotopic (exact) mass is 488 g/mol. The molecule has 0 bridgehead atoms. The third-order valence-corrected chi connectivity index (χ3v) is 5.66. The molecular weight excluding hydrogens is 464 g/mol. The molecule has 184 valence electrons. The second kappa shape index (κ2) is 10.8. The third kappa shape index (κ3) is 5.25. The standard InChI is InChI=1S/C27H24N2O7/c1-2-35-27(34)18-11-13-19(14-12-18)28-22(30)16-36-23(31)10-5-15-29-25(32)20-8-3-6-17-7-4-9-21(24(17)20)26(29)33/h3-4,6-9,11-14H,2,5,10,15-16H2,1H3,(H,28,30). The zero-order valence-electron chi connectivity index (χ0n) is 19.6. The molecule has 9 heteroatoms. The molecule has 4 rings (SSSR count). The predicted octanol–water partition coefficient (Wildman–Crippen LogP) is 3.57. The molecule has 0 atom stereocenters. The van der Waals surface area contributed by atoms with Crippen molar-refractivity contribution >= 4 is 46.1 Å². The van der Waals surface area contributed by atoms with E-state index in [0.29, 0.717) is 27.8 Å². The zero-order valence-corrected chi connectivity index (χ0v) is 19.6. The maximum atomic E-state index is 12.9. The van der Waals surface area contributed by atoms with Gasteiger partial charge in [-0.1, -0.05) is 24.3 Å². The van der Waals surface area contributed by atoms with E-state index in [9.17, 15) is 24.0 Å². The van der Waals surface area contributed by atoms with E-state index in [4.69, 9.17) is 9.47 Å². The van der Waals surface area contributed by atoms with Crippen LogP contribution in [0.1, 0.15) is 50.8 Å². The number of nitrogens with one attached hydrogen (secondary N) is 1. The van der Waals surface area contributed by atoms with E-state index in [1.807, 2.05) is 12.1 Å². The highest BCUT2D eigenvalue weighted by Gasteiger charge is 2.32. The number of carbonyl (C=O) groups is 5. The minimum atomic E-state index is -0.623. The maximum absolute atomic E-state index is 12.9. The number of hydrogen-bond donors (Lipinski definition) is 1. The van der Waals surface area contributed by atoms with Crippen molar-refractivity contribution in [1.29, 1.82) is 0 Å². The fourth-order valence-electron chi connectivity index (χ4n) is 3.98. The largest absolute Gasteiger partial charge is 0.462 e. The summed E-state index contributed by atoms with van der Waals surface area (Å²) in [6.45, 7) is 1.53. The van der Waals surface area contributed by atoms with Gasteiger partial charge in [0.1, 0.15) is 0 Å². The van der Waals surface area contributed by atoms with Crippen molar-refractivity contribution in [3.8, 4) is 0 Å². The van der Waals surface area contributed by atoms with Gasteiger partial charge in [-0.05, 0) is 55.1 Å². The summed E-state index contributed by atoms with van der Waals surface area (Å²) in [4.78, 5) is 62.7. The first kappa shape index (κ1) is 24.6. The number of hydrogen-bond acceptors (Lipinski definition) is 7. The first-order valence-electron chi connectivity index (χ1n) is 11.5. The van der Waals surface area contributed by atoms with Crippen molar-refractivity contribution in [3.63, 3.8) is 0 Å². The Balaban J connectivity index is 1.24. The van der Waals surface area contributed by atoms with Crippen molar-refractivity contribution in [2.24, 2.45) is 0 Å². The molecule has 36 heavy (non-hydrogen) atoms. The summed E-state index contributed by atoms with van der Waals surface area (Å²) in [5.74, 6) is -2.42. The highest BCUT2D eigenvalue weighted by atomic mass is 16.5. The number of amides is 3. The van der Waals surface area contributed by atoms with Crippen molar-refractivity contribution in [2.75, 3.05) is 25.1 Å². The molecule has 1 N–H and O–H groups in total. The van der Waals surface area contributed by atoms with E-state index in [2.05, 4.69) is 5.32 Å². The van der Waals surface area contributed by atoms with Crippen LogP contribution in [0.3, 0.4) is 0 Å². The Kier molecular flexibility index (Phi) is 7.39. The van der Waals surface area contributed by atoms with Gasteiger partial charge in [0.2, 0.25) is 0 Å². The van der Waals surface area contributed by atoms with E-state index in [1.165, 1.54) is 24.3 Å². The minimum Gasteiger partial charge on any atom is -0.462 e. The minimum absolute atomic E-state index is 0.0521. The second-order valence-electron chi connectivity index (χ2n) is 8.08. The first-order valence-corrected chi connectivity index (χ1v) is 11.5. The van der Waals surface area contributed by atoms with Crippen molar-refractivity contribution in [2.45, 2.75) is 19.8 Å². The van der Waals surface area contributed by atoms with Crippen LogP contribution >= 0.6 is 0 Å². The number of benzene rings is 3. The number of carbonyl (C=O) groups excluding carboxylic acids is 5. The van der Waals surface area contributed by atoms with E-state index < -0.39 is 36.3 Å². The van der Waals surface area contributed by atoms with Crippen LogP contribution in [0, 0.1) is 0 Å². The van der Waals surface area contributed by atoms with Crippen LogP contribution in [0.5, 0.6) is 0 Å². The van der Waals surface area contributed by atoms with Crippen molar-refractivity contribution < 1.29 is 33.4 Å². The van der Waals surface area contributed by atoms with E-state index >= 15 is 0 Å². The quantitative estimate of drug-likeness (QED) is 0.361. The fourth-order valence-corrected chi connectivity index (χ4v) is 3.98. The summed E-state index contributed by atoms with van der Waals surface area (Å²) in [6, 6.07) is 16.7. The van der Waals surface area contributed by atoms with E-state index in [-0.39, 0.29) is 26.0 Å². The summed E-state index contributed by atoms with van der Waals surface area (Å²) in [7, 11) is 0. The Hall–Kier alpha value is -4.53. The Morgan fingerprint density at radius 2 is 1.50 bits per heavy atom. The van der Waals surface area contributed by atoms with Crippen LogP contribution in [-0.4, -0.2) is 54.3 Å². The molecule has 1 aliphatic rings. The van der Waals surface area contributed by atoms with Crippen LogP contribution in [-0.2, 0) is 19.1 Å². The molecule has 1 aliphatic heterocycles. The molecule has 0 spiro atoms. The van der Waals surface area contributed by atoms with Crippen LogP contribution in [0.4, 0.5) is 5.69 Å². The van der Waals surface area contributed by atoms with Gasteiger partial charge in [-0.15, -0.1) is 0 Å². The number of nitrogens with zero attached hydrogens (tertiary/aromatic N) is 1. The number of esters is 2. The van der Waals surface area contributed by atoms with Crippen LogP contribution < -0.4 is 5.32 Å². The van der Waals surface area contributed by atoms with Gasteiger partial charge in [0.25, 0.3) is 17.7 Å². The predicted molar refractivity (Wildman–Crippen MR) is 131 cm³/mol. The molecule has 3 aromatic rings. The highest BCUT2D eigenvalue weighted by Crippen LogP contribution is 2.30. The molecule has 3 aromatic carbocycles. The topological polar surface area (TPSA) is 119 Å². The second-order valence-corrected chi connectivity index (χ2v) is 8.08. The lowest BCUT2D eigenvalue weighted by Gasteiger charge is -2.27. The lowest BCUT2D eigenvalue weighted by atomic mass is 9.94. The number of anilines is 1. The highest BCUT2D eigenvalue weighted by molar-refractivity contribution is 6.25. The van der Waals surface area contributed by atoms with Crippen LogP contribution in [0.25, 0.3) is 10.8 Å². The summed E-state index contributed by atoms with van der Waals surface area (Å²) in [5, 5.41) is 4.04. The number of rotatable bonds is 9. The molecule has 0 saturated carbocycles. The van der Waals surface area contributed by atoms with Gasteiger partial charge in [-0.3, -0.25) is 24.1 Å². The molecule has 0 fully saturated rings. The average molecular weight is 488 g/mol. The van der Waals surface area contributed by atoms with Crippen LogP contribution in [0.15, 0.2) is 60.7 Å². The molecule has 0 aromatic heterocycles. The Morgan fingerprint density at radius 3 is 2.11 bits per heavy atom. The van der Waals surface area contributed by atoms with Crippen molar-refractivity contribution in [3.05, 3.63) is 77.4 Å². The van der Waals surface area contributed by atoms with E-state index in [1.54, 1.807) is 31.2 Å². The molecule has 0 unspecified atom stereocenters. The lowest BCUT2D eigenvalue weighted by Crippen LogP contribution is -2.41. The van der Waals surface area contributed by atoms with Gasteiger partial charge in [-0.25, -0.2) is 4.79 Å². The Morgan fingerprint density at radius 1 is 0.861 bits per heavy atom. The molecule has 9 nitrogen and oxygen atoms in total. The van der Waals surface area contributed by atoms with Crippen molar-refractivity contribution in [1.82, 2.24) is 4.90 Å². The van der Waals surface area contributed by atoms with Gasteiger partial charge in [0.05, 0.1) is 12.2 Å². The molecule has 0 radical (unpaired) electrons. The zero-order chi connectivity index (χ0) is 25.7. The molecule has 0 saturated heterocycles. The average Bonchev–Trinajstić information content (AvgIpc) is 2.88. The Bertz CT molecular complexity index is 1300. The number of imide groups is 1. The lowest BCUT2D eigenvalue weighted by molar-refractivity contribution is -0.147. The molecular formula is C27H24N2O7. The SMILES string of the molecule is CCOC(=O)c1ccc(NC(=O)COC(=O)CCCN2C(=O)c3cccc4cccc(c34)C2=O)cc1. The first-order chi connectivity index (χ1) is 17.4. The number of ether oxygens (including phenoxy) is 2. The smallest absolute Gasteiger partial charge is 0.338 e. The fraction of sp³-hybridized carbons (Fsp3) is 0.222. The summed E-state index contributed by atoms with van der Waals surface area (Å²) in [5.41, 5.74) is 1.70. The van der Waals surface area contributed by atoms with Gasteiger partial charge in [-0.2, -0.15) is 0 Å². The normalized spacial score (nSPS) is 12.4. The van der Waals surface area contributed by atoms with Gasteiger partial charge >= 0.3 is 11.9 Å². The van der Waals surface area contributed by atoms with Crippen LogP contribution in [0.2, 0.25) is 0 Å². The van der Waals surface area contributed by atoms with Gasteiger partial charge < -0.3 is 14.8 Å². The van der Waals surface area contributed by atoms with Gasteiger partial charge in [0.15, 0.2) is 6.61 Å². The summed E-state index contributed by atoms with van der Waals surface area (Å²) < 4.78 is 9.90. The molecule has 3 amide bonds. The summed E-state index contributed by atoms with van der Waals surface area (Å²) in [6.07, 6.45) is 0.135.